The molecule has 2 aromatic rings. The molecule has 0 fully saturated rings. The number of aryl methyl sites for hydroxylation is 1. The van der Waals surface area contributed by atoms with Crippen LogP contribution in [0.15, 0.2) is 17.6 Å². The van der Waals surface area contributed by atoms with Gasteiger partial charge in [0.1, 0.15) is 11.4 Å². The van der Waals surface area contributed by atoms with Gasteiger partial charge in [-0.1, -0.05) is 6.07 Å². The van der Waals surface area contributed by atoms with Gasteiger partial charge in [0.05, 0.1) is 15.7 Å². The van der Waals surface area contributed by atoms with E-state index in [0.717, 1.165) is 15.8 Å². The van der Waals surface area contributed by atoms with Gasteiger partial charge >= 0.3 is 59.1 Å². The number of rotatable bonds is 2. The van der Waals surface area contributed by atoms with Crippen LogP contribution < -0.4 is 63.3 Å². The first-order valence-electron chi connectivity index (χ1n) is 3.79. The Kier molecular flexibility index (Phi) is 7.93. The molecule has 0 N–H and O–H groups in total. The van der Waals surface area contributed by atoms with Crippen molar-refractivity contribution >= 4 is 32.9 Å². The standard InChI is InChI=1S/C8H7NO3S2.2Na.2H/c1-5-2-3-6-8(13-4-9-6)7(5)12-14(10)11;;;;/h2-4H,1H3,(H,10,11);;;;/q;2*+1;2*-1/p-1. The summed E-state index contributed by atoms with van der Waals surface area (Å²) in [6, 6.07) is 3.62. The van der Waals surface area contributed by atoms with E-state index in [1.165, 1.54) is 11.3 Å². The van der Waals surface area contributed by atoms with E-state index >= 15 is 0 Å². The Morgan fingerprint density at radius 2 is 2.19 bits per heavy atom. The van der Waals surface area contributed by atoms with Crippen molar-refractivity contribution in [2.24, 2.45) is 0 Å². The first-order chi connectivity index (χ1) is 6.68. The van der Waals surface area contributed by atoms with Crippen LogP contribution >= 0.6 is 11.3 Å². The smallest absolute Gasteiger partial charge is 1.00 e. The summed E-state index contributed by atoms with van der Waals surface area (Å²) >= 11 is -1.18. The molecule has 0 saturated heterocycles. The summed E-state index contributed by atoms with van der Waals surface area (Å²) in [4.78, 5) is 4.07. The average Bonchev–Trinajstić information content (AvgIpc) is 2.57. The molecule has 0 saturated carbocycles. The molecule has 8 heteroatoms. The minimum Gasteiger partial charge on any atom is -1.00 e. The minimum absolute atomic E-state index is 0. The van der Waals surface area contributed by atoms with E-state index in [1.54, 1.807) is 18.5 Å². The SMILES string of the molecule is Cc1ccc2ncsc2c1OS(=O)[O-].[H-].[H-].[Na+].[Na+]. The molecule has 1 aromatic carbocycles. The molecule has 4 nitrogen and oxygen atoms in total. The Balaban J connectivity index is -0.000000562. The number of thiazole rings is 1. The predicted octanol–water partition coefficient (Wildman–Crippen LogP) is -3.99. The van der Waals surface area contributed by atoms with E-state index in [2.05, 4.69) is 4.98 Å². The first-order valence-corrected chi connectivity index (χ1v) is 5.67. The summed E-state index contributed by atoms with van der Waals surface area (Å²) in [7, 11) is 0. The van der Waals surface area contributed by atoms with Crippen molar-refractivity contribution in [3.63, 3.8) is 0 Å². The van der Waals surface area contributed by atoms with Gasteiger partial charge in [-0.25, -0.2) is 9.19 Å². The maximum absolute atomic E-state index is 10.4. The van der Waals surface area contributed by atoms with Gasteiger partial charge in [0.15, 0.2) is 5.75 Å². The van der Waals surface area contributed by atoms with E-state index in [1.807, 2.05) is 6.07 Å². The quantitative estimate of drug-likeness (QED) is 0.414. The topological polar surface area (TPSA) is 62.2 Å². The van der Waals surface area contributed by atoms with Gasteiger partial charge in [-0.05, 0) is 18.6 Å². The number of fused-ring (bicyclic) bond motifs is 1. The predicted molar refractivity (Wildman–Crippen MR) is 56.1 cm³/mol. The van der Waals surface area contributed by atoms with Crippen molar-refractivity contribution in [2.75, 3.05) is 0 Å². The molecule has 2 rings (SSSR count). The maximum Gasteiger partial charge on any atom is 1.00 e. The second-order valence-corrected chi connectivity index (χ2v) is 4.13. The Hall–Kier alpha value is 1.02. The van der Waals surface area contributed by atoms with Gasteiger partial charge in [-0.15, -0.1) is 11.3 Å². The van der Waals surface area contributed by atoms with Crippen LogP contribution in [0, 0.1) is 6.92 Å². The Morgan fingerprint density at radius 3 is 2.81 bits per heavy atom. The molecule has 0 spiro atoms. The molecule has 1 aromatic heterocycles. The van der Waals surface area contributed by atoms with Gasteiger partial charge in [-0.2, -0.15) is 0 Å². The zero-order valence-electron chi connectivity index (χ0n) is 11.2. The number of aromatic nitrogens is 1. The number of benzene rings is 1. The molecule has 16 heavy (non-hydrogen) atoms. The second kappa shape index (κ2) is 7.45. The van der Waals surface area contributed by atoms with E-state index < -0.39 is 11.4 Å². The summed E-state index contributed by atoms with van der Waals surface area (Å²) in [5.74, 6) is 0.373. The van der Waals surface area contributed by atoms with Gasteiger partial charge in [0, 0.05) is 0 Å². The summed E-state index contributed by atoms with van der Waals surface area (Å²) in [5.41, 5.74) is 3.19. The van der Waals surface area contributed by atoms with Crippen LogP contribution in [0.5, 0.6) is 5.75 Å². The zero-order valence-corrected chi connectivity index (χ0v) is 14.9. The largest absolute Gasteiger partial charge is 1.00 e. The van der Waals surface area contributed by atoms with Gasteiger partial charge < -0.3 is 11.6 Å². The molecule has 78 valence electrons. The van der Waals surface area contributed by atoms with Crippen LogP contribution in [0.4, 0.5) is 0 Å². The third-order valence-corrected chi connectivity index (χ3v) is 2.95. The van der Waals surface area contributed by atoms with Crippen LogP contribution in [0.2, 0.25) is 0 Å². The van der Waals surface area contributed by atoms with Crippen molar-refractivity contribution in [1.29, 1.82) is 0 Å². The van der Waals surface area contributed by atoms with Crippen LogP contribution in [-0.2, 0) is 11.4 Å². The normalized spacial score (nSPS) is 11.4. The van der Waals surface area contributed by atoms with E-state index in [9.17, 15) is 8.76 Å². The average molecular weight is 276 g/mol. The van der Waals surface area contributed by atoms with Crippen molar-refractivity contribution in [3.8, 4) is 5.75 Å². The number of hydrogen-bond donors (Lipinski definition) is 0. The van der Waals surface area contributed by atoms with E-state index in [0.29, 0.717) is 5.75 Å². The molecule has 0 aliphatic rings. The molecule has 1 atom stereocenters. The van der Waals surface area contributed by atoms with Crippen LogP contribution in [0.25, 0.3) is 10.2 Å². The maximum atomic E-state index is 10.4. The molecule has 0 bridgehead atoms. The minimum atomic E-state index is -2.54. The third kappa shape index (κ3) is 3.76. The van der Waals surface area contributed by atoms with Crippen LogP contribution in [0.1, 0.15) is 8.42 Å². The molecule has 0 amide bonds. The van der Waals surface area contributed by atoms with Crippen LogP contribution in [-0.4, -0.2) is 13.7 Å². The van der Waals surface area contributed by atoms with Crippen molar-refractivity contribution in [3.05, 3.63) is 23.2 Å². The third-order valence-electron chi connectivity index (χ3n) is 1.80. The fourth-order valence-corrected chi connectivity index (χ4v) is 2.40. The Bertz CT molecular complexity index is 512. The van der Waals surface area contributed by atoms with Crippen LogP contribution in [0.3, 0.4) is 0 Å². The van der Waals surface area contributed by atoms with Gasteiger partial charge in [-0.3, -0.25) is 0 Å². The number of hydrogen-bond acceptors (Lipinski definition) is 5. The molecule has 0 aliphatic heterocycles. The molecular weight excluding hydrogens is 268 g/mol. The molecule has 1 unspecified atom stereocenters. The fraction of sp³-hybridized carbons (Fsp3) is 0.125. The van der Waals surface area contributed by atoms with Gasteiger partial charge in [0.25, 0.3) is 0 Å². The molecule has 0 radical (unpaired) electrons. The fourth-order valence-electron chi connectivity index (χ4n) is 1.17. The monoisotopic (exact) mass is 276 g/mol. The zero-order chi connectivity index (χ0) is 10.1. The van der Waals surface area contributed by atoms with E-state index in [-0.39, 0.29) is 62.0 Å². The summed E-state index contributed by atoms with van der Waals surface area (Å²) in [6.45, 7) is 1.79. The molecule has 0 aliphatic carbocycles. The van der Waals surface area contributed by atoms with Crippen molar-refractivity contribution < 1.29 is 74.9 Å². The first kappa shape index (κ1) is 17.0. The van der Waals surface area contributed by atoms with Crippen molar-refractivity contribution in [1.82, 2.24) is 4.98 Å². The van der Waals surface area contributed by atoms with E-state index in [4.69, 9.17) is 4.18 Å². The summed E-state index contributed by atoms with van der Waals surface area (Å²) < 4.78 is 26.4. The summed E-state index contributed by atoms with van der Waals surface area (Å²) in [6.07, 6.45) is 0. The van der Waals surface area contributed by atoms with Gasteiger partial charge in [0.2, 0.25) is 0 Å². The Labute approximate surface area is 147 Å². The number of nitrogens with zero attached hydrogens (tertiary/aromatic N) is 1. The Morgan fingerprint density at radius 1 is 1.50 bits per heavy atom. The van der Waals surface area contributed by atoms with Crippen molar-refractivity contribution in [2.45, 2.75) is 6.92 Å². The molecular formula is C8H8NNa2O3S2-. The molecule has 1 heterocycles. The second-order valence-electron chi connectivity index (χ2n) is 2.70. The summed E-state index contributed by atoms with van der Waals surface area (Å²) in [5, 5.41) is 0.